The first-order valence-electron chi connectivity index (χ1n) is 4.85. The third-order valence-corrected chi connectivity index (χ3v) is 3.07. The van der Waals surface area contributed by atoms with Gasteiger partial charge in [0.2, 0.25) is 15.9 Å². The summed E-state index contributed by atoms with van der Waals surface area (Å²) in [6.45, 7) is 1.78. The quantitative estimate of drug-likeness (QED) is 0.763. The van der Waals surface area contributed by atoms with E-state index in [4.69, 9.17) is 15.6 Å². The fraction of sp³-hybridized carbons (Fsp3) is 0.300. The van der Waals surface area contributed by atoms with E-state index in [0.29, 0.717) is 5.75 Å². The van der Waals surface area contributed by atoms with Gasteiger partial charge in [0, 0.05) is 0 Å². The molecule has 94 valence electrons. The molecule has 1 unspecified atom stereocenters. The Morgan fingerprint density at radius 1 is 1.35 bits per heavy atom. The van der Waals surface area contributed by atoms with Crippen molar-refractivity contribution in [1.82, 2.24) is 0 Å². The van der Waals surface area contributed by atoms with E-state index in [-0.39, 0.29) is 11.5 Å². The molecule has 17 heavy (non-hydrogen) atoms. The molecule has 1 amide bonds. The van der Waals surface area contributed by atoms with Gasteiger partial charge < -0.3 is 10.5 Å². The number of rotatable bonds is 5. The van der Waals surface area contributed by atoms with Gasteiger partial charge in [0.25, 0.3) is 0 Å². The number of sulfonamides is 1. The summed E-state index contributed by atoms with van der Waals surface area (Å²) in [5.41, 5.74) is 5.07. The number of hydrogen-bond donors (Lipinski definition) is 2. The van der Waals surface area contributed by atoms with Gasteiger partial charge in [0.15, 0.2) is 0 Å². The second-order valence-corrected chi connectivity index (χ2v) is 5.19. The minimum atomic E-state index is -3.69. The molecule has 0 aliphatic heterocycles. The van der Waals surface area contributed by atoms with Gasteiger partial charge in [-0.1, -0.05) is 6.92 Å². The third-order valence-electron chi connectivity index (χ3n) is 2.14. The minimum absolute atomic E-state index is 0.00722. The van der Waals surface area contributed by atoms with Crippen LogP contribution in [-0.2, 0) is 14.8 Å². The summed E-state index contributed by atoms with van der Waals surface area (Å²) in [6.07, 6.45) is 0. The van der Waals surface area contributed by atoms with E-state index in [1.165, 1.54) is 24.3 Å². The lowest BCUT2D eigenvalue weighted by atomic mass is 10.2. The number of ether oxygens (including phenoxy) is 1. The molecular formula is C10H14N2O4S. The van der Waals surface area contributed by atoms with Gasteiger partial charge >= 0.3 is 0 Å². The summed E-state index contributed by atoms with van der Waals surface area (Å²) >= 11 is 0. The number of hydrogen-bond acceptors (Lipinski definition) is 4. The first kappa shape index (κ1) is 13.5. The van der Waals surface area contributed by atoms with Crippen LogP contribution in [0.15, 0.2) is 29.2 Å². The summed E-state index contributed by atoms with van der Waals surface area (Å²) in [5, 5.41) is 4.94. The van der Waals surface area contributed by atoms with E-state index in [0.717, 1.165) is 0 Å². The molecule has 7 heteroatoms. The first-order chi connectivity index (χ1) is 7.80. The maximum atomic E-state index is 11.0. The zero-order chi connectivity index (χ0) is 13.1. The molecule has 0 aliphatic rings. The lowest BCUT2D eigenvalue weighted by molar-refractivity contribution is -0.122. The SMILES string of the molecule is CC(COc1ccc(S(N)(=O)=O)cc1)C(N)=O. The van der Waals surface area contributed by atoms with Crippen molar-refractivity contribution in [3.05, 3.63) is 24.3 Å². The molecular weight excluding hydrogens is 244 g/mol. The molecule has 1 atom stereocenters. The summed E-state index contributed by atoms with van der Waals surface area (Å²) in [4.78, 5) is 10.8. The highest BCUT2D eigenvalue weighted by molar-refractivity contribution is 7.89. The van der Waals surface area contributed by atoms with Crippen LogP contribution in [0.1, 0.15) is 6.92 Å². The van der Waals surface area contributed by atoms with Crippen molar-refractivity contribution < 1.29 is 17.9 Å². The molecule has 0 aromatic heterocycles. The van der Waals surface area contributed by atoms with Crippen molar-refractivity contribution in [1.29, 1.82) is 0 Å². The smallest absolute Gasteiger partial charge is 0.238 e. The van der Waals surface area contributed by atoms with Gasteiger partial charge in [-0.15, -0.1) is 0 Å². The number of carbonyl (C=O) groups is 1. The van der Waals surface area contributed by atoms with Crippen LogP contribution in [-0.4, -0.2) is 20.9 Å². The first-order valence-corrected chi connectivity index (χ1v) is 6.40. The zero-order valence-corrected chi connectivity index (χ0v) is 10.1. The maximum Gasteiger partial charge on any atom is 0.238 e. The summed E-state index contributed by atoms with van der Waals surface area (Å²) < 4.78 is 27.2. The second-order valence-electron chi connectivity index (χ2n) is 3.63. The Labute approximate surface area is 99.6 Å². The van der Waals surface area contributed by atoms with Gasteiger partial charge in [-0.3, -0.25) is 4.79 Å². The molecule has 0 saturated carbocycles. The molecule has 0 radical (unpaired) electrons. The molecule has 6 nitrogen and oxygen atoms in total. The van der Waals surface area contributed by atoms with Crippen molar-refractivity contribution in [3.63, 3.8) is 0 Å². The average molecular weight is 258 g/mol. The van der Waals surface area contributed by atoms with Crippen molar-refractivity contribution in [2.24, 2.45) is 16.8 Å². The standard InChI is InChI=1S/C10H14N2O4S/c1-7(10(11)13)6-16-8-2-4-9(5-3-8)17(12,14)15/h2-5,7H,6H2,1H3,(H2,11,13)(H2,12,14,15). The van der Waals surface area contributed by atoms with Crippen LogP contribution in [0.5, 0.6) is 5.75 Å². The molecule has 1 aromatic rings. The Hall–Kier alpha value is -1.60. The summed E-state index contributed by atoms with van der Waals surface area (Å²) in [5.74, 6) is -0.412. The molecule has 0 bridgehead atoms. The summed E-state index contributed by atoms with van der Waals surface area (Å²) in [7, 11) is -3.69. The fourth-order valence-corrected chi connectivity index (χ4v) is 1.54. The average Bonchev–Trinajstić information content (AvgIpc) is 2.25. The monoisotopic (exact) mass is 258 g/mol. The highest BCUT2D eigenvalue weighted by Crippen LogP contribution is 2.15. The Morgan fingerprint density at radius 3 is 2.29 bits per heavy atom. The number of primary sulfonamides is 1. The lowest BCUT2D eigenvalue weighted by Gasteiger charge is -2.10. The number of amides is 1. The van der Waals surface area contributed by atoms with E-state index in [1.54, 1.807) is 6.92 Å². The number of carbonyl (C=O) groups excluding carboxylic acids is 1. The van der Waals surface area contributed by atoms with E-state index in [1.807, 2.05) is 0 Å². The van der Waals surface area contributed by atoms with Crippen LogP contribution in [0.25, 0.3) is 0 Å². The number of benzene rings is 1. The van der Waals surface area contributed by atoms with E-state index < -0.39 is 21.8 Å². The summed E-state index contributed by atoms with van der Waals surface area (Å²) in [6, 6.07) is 5.60. The van der Waals surface area contributed by atoms with E-state index >= 15 is 0 Å². The van der Waals surface area contributed by atoms with Crippen molar-refractivity contribution >= 4 is 15.9 Å². The largest absolute Gasteiger partial charge is 0.493 e. The Balaban J connectivity index is 2.67. The molecule has 1 aromatic carbocycles. The van der Waals surface area contributed by atoms with Crippen LogP contribution >= 0.6 is 0 Å². The highest BCUT2D eigenvalue weighted by Gasteiger charge is 2.10. The zero-order valence-electron chi connectivity index (χ0n) is 9.29. The molecule has 1 rings (SSSR count). The molecule has 0 heterocycles. The molecule has 0 aliphatic carbocycles. The maximum absolute atomic E-state index is 11.0. The van der Waals surface area contributed by atoms with E-state index in [9.17, 15) is 13.2 Å². The Bertz CT molecular complexity index is 496. The van der Waals surface area contributed by atoms with Gasteiger partial charge in [0.05, 0.1) is 17.4 Å². The number of primary amides is 1. The predicted molar refractivity (Wildman–Crippen MR) is 61.7 cm³/mol. The van der Waals surface area contributed by atoms with Gasteiger partial charge in [-0.05, 0) is 24.3 Å². The van der Waals surface area contributed by atoms with Gasteiger partial charge in [0.1, 0.15) is 5.75 Å². The Morgan fingerprint density at radius 2 is 1.88 bits per heavy atom. The minimum Gasteiger partial charge on any atom is -0.493 e. The second kappa shape index (κ2) is 5.15. The van der Waals surface area contributed by atoms with Crippen LogP contribution in [0.4, 0.5) is 0 Å². The van der Waals surface area contributed by atoms with Crippen molar-refractivity contribution in [3.8, 4) is 5.75 Å². The topological polar surface area (TPSA) is 112 Å². The fourth-order valence-electron chi connectivity index (χ4n) is 1.03. The van der Waals surface area contributed by atoms with Gasteiger partial charge in [-0.25, -0.2) is 13.6 Å². The molecule has 0 saturated heterocycles. The number of nitrogens with two attached hydrogens (primary N) is 2. The predicted octanol–water partition coefficient (Wildman–Crippen LogP) is -0.166. The van der Waals surface area contributed by atoms with Crippen LogP contribution in [0.3, 0.4) is 0 Å². The normalized spacial score (nSPS) is 13.1. The van der Waals surface area contributed by atoms with Crippen LogP contribution in [0, 0.1) is 5.92 Å². The molecule has 0 fully saturated rings. The van der Waals surface area contributed by atoms with Gasteiger partial charge in [-0.2, -0.15) is 0 Å². The Kier molecular flexibility index (Phi) is 4.08. The third kappa shape index (κ3) is 4.04. The highest BCUT2D eigenvalue weighted by atomic mass is 32.2. The molecule has 4 N–H and O–H groups in total. The van der Waals surface area contributed by atoms with Crippen molar-refractivity contribution in [2.75, 3.05) is 6.61 Å². The van der Waals surface area contributed by atoms with Crippen LogP contribution < -0.4 is 15.6 Å². The van der Waals surface area contributed by atoms with Crippen LogP contribution in [0.2, 0.25) is 0 Å². The lowest BCUT2D eigenvalue weighted by Crippen LogP contribution is -2.25. The van der Waals surface area contributed by atoms with E-state index in [2.05, 4.69) is 0 Å². The van der Waals surface area contributed by atoms with Crippen molar-refractivity contribution in [2.45, 2.75) is 11.8 Å². The molecule has 0 spiro atoms.